The van der Waals surface area contributed by atoms with Gasteiger partial charge in [-0.15, -0.1) is 0 Å². The number of aliphatic carboxylic acids is 2. The van der Waals surface area contributed by atoms with Crippen molar-refractivity contribution < 1.29 is 42.5 Å². The minimum absolute atomic E-state index is 0.0567. The molecule has 1 aliphatic heterocycles. The predicted molar refractivity (Wildman–Crippen MR) is 145 cm³/mol. The number of likely N-dealkylation sites (tertiary alicyclic amines) is 1. The second kappa shape index (κ2) is 15.5. The highest BCUT2D eigenvalue weighted by Gasteiger charge is 2.26. The average Bonchev–Trinajstić information content (AvgIpc) is 2.96. The van der Waals surface area contributed by atoms with E-state index in [1.54, 1.807) is 36.4 Å². The van der Waals surface area contributed by atoms with Crippen LogP contribution in [0.1, 0.15) is 40.4 Å². The summed E-state index contributed by atoms with van der Waals surface area (Å²) in [5.74, 6) is -3.50. The van der Waals surface area contributed by atoms with Gasteiger partial charge in [-0.3, -0.25) is 4.79 Å². The number of halogens is 3. The molecule has 0 radical (unpaired) electrons. The number of nitrogens with zero attached hydrogens (tertiary/aromatic N) is 1. The van der Waals surface area contributed by atoms with Crippen molar-refractivity contribution in [3.05, 3.63) is 119 Å². The maximum absolute atomic E-state index is 13.4. The summed E-state index contributed by atoms with van der Waals surface area (Å²) in [4.78, 5) is 34.0. The lowest BCUT2D eigenvalue weighted by Gasteiger charge is -2.31. The Bertz CT molecular complexity index is 1260. The Balaban J connectivity index is 0.000000507. The minimum atomic E-state index is -1.26. The molecule has 1 fully saturated rings. The van der Waals surface area contributed by atoms with Gasteiger partial charge in [0, 0.05) is 30.2 Å². The van der Waals surface area contributed by atoms with Crippen LogP contribution in [0.15, 0.2) is 84.9 Å². The van der Waals surface area contributed by atoms with E-state index in [1.165, 1.54) is 36.4 Å². The van der Waals surface area contributed by atoms with Crippen LogP contribution in [0, 0.1) is 23.4 Å². The first-order chi connectivity index (χ1) is 19.6. The zero-order chi connectivity index (χ0) is 29.8. The summed E-state index contributed by atoms with van der Waals surface area (Å²) in [6, 6.07) is 18.0. The van der Waals surface area contributed by atoms with Crippen molar-refractivity contribution in [2.24, 2.45) is 5.92 Å². The second-order valence-corrected chi connectivity index (χ2v) is 9.35. The standard InChI is InChI=1S/C27H26F3NO2.C4H4O4/c28-23-7-1-19(2-8-23)26(32)20-13-15-31(16-14-20)17-18-33-27(21-3-9-24(29)10-4-21)22-5-11-25(30)12-6-22;5-3(6)1-2-4(7)8/h1-12,20,27H,13-18H2;1-2H,(H,5,6)(H,7,8). The Morgan fingerprint density at radius 1 is 0.756 bits per heavy atom. The van der Waals surface area contributed by atoms with E-state index in [9.17, 15) is 27.6 Å². The molecule has 41 heavy (non-hydrogen) atoms. The van der Waals surface area contributed by atoms with E-state index >= 15 is 0 Å². The van der Waals surface area contributed by atoms with Crippen LogP contribution in [0.5, 0.6) is 0 Å². The highest BCUT2D eigenvalue weighted by atomic mass is 19.1. The van der Waals surface area contributed by atoms with Crippen molar-refractivity contribution in [2.75, 3.05) is 26.2 Å². The van der Waals surface area contributed by atoms with Crippen LogP contribution in [-0.4, -0.2) is 59.1 Å². The van der Waals surface area contributed by atoms with E-state index in [1.807, 2.05) is 0 Å². The number of ether oxygens (including phenoxy) is 1. The van der Waals surface area contributed by atoms with Crippen LogP contribution in [0.3, 0.4) is 0 Å². The third kappa shape index (κ3) is 10.3. The lowest BCUT2D eigenvalue weighted by atomic mass is 9.89. The molecular weight excluding hydrogens is 539 g/mol. The highest BCUT2D eigenvalue weighted by molar-refractivity contribution is 5.97. The van der Waals surface area contributed by atoms with Gasteiger partial charge in [0.2, 0.25) is 0 Å². The molecule has 2 N–H and O–H groups in total. The smallest absolute Gasteiger partial charge is 0.328 e. The topological polar surface area (TPSA) is 104 Å². The van der Waals surface area contributed by atoms with Crippen LogP contribution >= 0.6 is 0 Å². The maximum Gasteiger partial charge on any atom is 0.328 e. The van der Waals surface area contributed by atoms with Crippen molar-refractivity contribution in [1.29, 1.82) is 0 Å². The van der Waals surface area contributed by atoms with Crippen LogP contribution in [0.25, 0.3) is 0 Å². The molecule has 3 aromatic rings. The number of benzene rings is 3. The van der Waals surface area contributed by atoms with Gasteiger partial charge in [0.15, 0.2) is 5.78 Å². The molecule has 0 unspecified atom stereocenters. The van der Waals surface area contributed by atoms with Crippen molar-refractivity contribution in [3.8, 4) is 0 Å². The molecule has 0 spiro atoms. The SMILES string of the molecule is O=C(O)C=CC(=O)O.O=C(c1ccc(F)cc1)C1CCN(CCOC(c2ccc(F)cc2)c2ccc(F)cc2)CC1. The molecule has 0 atom stereocenters. The van der Waals surface area contributed by atoms with Crippen LogP contribution in [-0.2, 0) is 14.3 Å². The van der Waals surface area contributed by atoms with Gasteiger partial charge in [-0.2, -0.15) is 0 Å². The summed E-state index contributed by atoms with van der Waals surface area (Å²) >= 11 is 0. The van der Waals surface area contributed by atoms with Gasteiger partial charge in [0.25, 0.3) is 0 Å². The molecule has 1 saturated heterocycles. The quantitative estimate of drug-likeness (QED) is 0.245. The van der Waals surface area contributed by atoms with Crippen molar-refractivity contribution >= 4 is 17.7 Å². The number of hydrogen-bond donors (Lipinski definition) is 2. The van der Waals surface area contributed by atoms with E-state index in [0.29, 0.717) is 30.9 Å². The summed E-state index contributed by atoms with van der Waals surface area (Å²) < 4.78 is 46.0. The first-order valence-corrected chi connectivity index (χ1v) is 12.9. The Labute approximate surface area is 235 Å². The molecule has 3 aromatic carbocycles. The predicted octanol–water partition coefficient (Wildman–Crippen LogP) is 5.52. The molecule has 10 heteroatoms. The molecule has 0 aliphatic carbocycles. The number of hydrogen-bond acceptors (Lipinski definition) is 5. The van der Waals surface area contributed by atoms with Gasteiger partial charge in [-0.05, 0) is 85.6 Å². The largest absolute Gasteiger partial charge is 0.478 e. The Morgan fingerprint density at radius 3 is 1.59 bits per heavy atom. The number of carbonyl (C=O) groups is 3. The number of ketones is 1. The normalized spacial score (nSPS) is 14.0. The summed E-state index contributed by atoms with van der Waals surface area (Å²) in [6.45, 7) is 2.68. The molecule has 0 saturated carbocycles. The maximum atomic E-state index is 13.4. The monoisotopic (exact) mass is 569 g/mol. The molecule has 0 amide bonds. The van der Waals surface area contributed by atoms with E-state index in [-0.39, 0.29) is 29.2 Å². The molecule has 0 aromatic heterocycles. The van der Waals surface area contributed by atoms with Gasteiger partial charge in [0.1, 0.15) is 23.6 Å². The molecule has 1 aliphatic rings. The van der Waals surface area contributed by atoms with Crippen molar-refractivity contribution in [2.45, 2.75) is 18.9 Å². The van der Waals surface area contributed by atoms with Gasteiger partial charge in [0.05, 0.1) is 6.61 Å². The summed E-state index contributed by atoms with van der Waals surface area (Å²) in [5, 5.41) is 15.6. The van der Waals surface area contributed by atoms with Gasteiger partial charge in [-0.25, -0.2) is 22.8 Å². The third-order valence-corrected chi connectivity index (χ3v) is 6.49. The number of rotatable bonds is 10. The Hall–Kier alpha value is -4.28. The number of carbonyl (C=O) groups excluding carboxylic acids is 1. The van der Waals surface area contributed by atoms with E-state index in [4.69, 9.17) is 14.9 Å². The van der Waals surface area contributed by atoms with Crippen molar-refractivity contribution in [3.63, 3.8) is 0 Å². The zero-order valence-electron chi connectivity index (χ0n) is 22.1. The Kier molecular flexibility index (Phi) is 11.8. The second-order valence-electron chi connectivity index (χ2n) is 9.35. The summed E-state index contributed by atoms with van der Waals surface area (Å²) in [7, 11) is 0. The third-order valence-electron chi connectivity index (χ3n) is 6.49. The first kappa shape index (κ1) is 31.3. The van der Waals surface area contributed by atoms with Crippen LogP contribution in [0.4, 0.5) is 13.2 Å². The number of carboxylic acids is 2. The van der Waals surface area contributed by atoms with Gasteiger partial charge in [-0.1, -0.05) is 24.3 Å². The fourth-order valence-electron chi connectivity index (χ4n) is 4.37. The lowest BCUT2D eigenvalue weighted by molar-refractivity contribution is -0.134. The molecule has 4 rings (SSSR count). The first-order valence-electron chi connectivity index (χ1n) is 12.9. The summed E-state index contributed by atoms with van der Waals surface area (Å²) in [6.07, 6.45) is 2.18. The van der Waals surface area contributed by atoms with E-state index < -0.39 is 18.0 Å². The molecular formula is C31H30F3NO6. The fourth-order valence-corrected chi connectivity index (χ4v) is 4.37. The average molecular weight is 570 g/mol. The van der Waals surface area contributed by atoms with Crippen LogP contribution < -0.4 is 0 Å². The van der Waals surface area contributed by atoms with Gasteiger partial charge < -0.3 is 19.8 Å². The molecule has 1 heterocycles. The zero-order valence-corrected chi connectivity index (χ0v) is 22.1. The Morgan fingerprint density at radius 2 is 1.17 bits per heavy atom. The minimum Gasteiger partial charge on any atom is -0.478 e. The van der Waals surface area contributed by atoms with Crippen LogP contribution in [0.2, 0.25) is 0 Å². The lowest BCUT2D eigenvalue weighted by Crippen LogP contribution is -2.38. The highest BCUT2D eigenvalue weighted by Crippen LogP contribution is 2.27. The van der Waals surface area contributed by atoms with E-state index in [2.05, 4.69) is 4.90 Å². The van der Waals surface area contributed by atoms with Crippen molar-refractivity contribution in [1.82, 2.24) is 4.90 Å². The molecule has 7 nitrogen and oxygen atoms in total. The molecule has 216 valence electrons. The van der Waals surface area contributed by atoms with E-state index in [0.717, 1.165) is 37.1 Å². The number of piperidine rings is 1. The number of Topliss-reactive ketones (excluding diaryl/α,β-unsaturated/α-hetero) is 1. The summed E-state index contributed by atoms with van der Waals surface area (Å²) in [5.41, 5.74) is 2.15. The number of carboxylic acid groups (broad SMARTS) is 2. The fraction of sp³-hybridized carbons (Fsp3) is 0.258. The van der Waals surface area contributed by atoms with Gasteiger partial charge >= 0.3 is 11.9 Å². The molecule has 0 bridgehead atoms.